The van der Waals surface area contributed by atoms with Crippen molar-refractivity contribution < 1.29 is 18.7 Å². The molecule has 8 rings (SSSR count). The summed E-state index contributed by atoms with van der Waals surface area (Å²) in [5.74, 6) is 0.395. The van der Waals surface area contributed by atoms with Crippen LogP contribution in [-0.4, -0.2) is 126 Å². The Morgan fingerprint density at radius 2 is 1.63 bits per heavy atom. The van der Waals surface area contributed by atoms with Crippen LogP contribution in [0.15, 0.2) is 11.8 Å². The predicted octanol–water partition coefficient (Wildman–Crippen LogP) is 4.14. The summed E-state index contributed by atoms with van der Waals surface area (Å²) in [6, 6.07) is 0.743. The number of amides is 1. The molecular weight excluding hydrogens is 581 g/mol. The summed E-state index contributed by atoms with van der Waals surface area (Å²) in [6.07, 6.45) is 17.3. The van der Waals surface area contributed by atoms with E-state index < -0.39 is 12.1 Å². The first-order valence-corrected chi connectivity index (χ1v) is 19.3. The van der Waals surface area contributed by atoms with Gasteiger partial charge in [0.1, 0.15) is 6.17 Å². The van der Waals surface area contributed by atoms with E-state index in [-0.39, 0.29) is 54.0 Å². The second-order valence-electron chi connectivity index (χ2n) is 16.4. The van der Waals surface area contributed by atoms with Gasteiger partial charge >= 0.3 is 0 Å². The molecule has 8 nitrogen and oxygen atoms in total. The largest absolute Gasteiger partial charge is 0.369 e. The molecule has 7 fully saturated rings. The molecule has 4 saturated heterocycles. The van der Waals surface area contributed by atoms with Crippen LogP contribution in [0.2, 0.25) is 0 Å². The Balaban J connectivity index is 1.03. The molecule has 9 heteroatoms. The quantitative estimate of drug-likeness (QED) is 0.439. The molecule has 5 heterocycles. The second kappa shape index (κ2) is 13.4. The summed E-state index contributed by atoms with van der Waals surface area (Å²) in [4.78, 5) is 37.6. The molecule has 0 aromatic carbocycles. The topological polar surface area (TPSA) is 68.4 Å². The number of carbonyl (C=O) groups excluding carboxylic acids is 2. The maximum atomic E-state index is 16.6. The summed E-state index contributed by atoms with van der Waals surface area (Å²) in [5, 5.41) is 3.10. The summed E-state index contributed by atoms with van der Waals surface area (Å²) >= 11 is 0. The van der Waals surface area contributed by atoms with E-state index in [1.54, 1.807) is 0 Å². The van der Waals surface area contributed by atoms with Crippen LogP contribution in [0.3, 0.4) is 0 Å². The number of nitrogens with one attached hydrogen (secondary N) is 1. The molecular formula is C37H58FN5O3. The van der Waals surface area contributed by atoms with Crippen LogP contribution < -0.4 is 5.32 Å². The lowest BCUT2D eigenvalue weighted by Crippen LogP contribution is -2.74. The van der Waals surface area contributed by atoms with Crippen molar-refractivity contribution in [1.82, 2.24) is 24.9 Å². The van der Waals surface area contributed by atoms with E-state index in [4.69, 9.17) is 4.74 Å². The molecule has 3 aliphatic carbocycles. The maximum Gasteiger partial charge on any atom is 0.256 e. The minimum absolute atomic E-state index is 0.0339. The molecule has 10 unspecified atom stereocenters. The Bertz CT molecular complexity index is 1150. The van der Waals surface area contributed by atoms with Crippen LogP contribution in [0.1, 0.15) is 96.3 Å². The third kappa shape index (κ3) is 5.87. The number of piperidine rings is 2. The summed E-state index contributed by atoms with van der Waals surface area (Å²) in [5.41, 5.74) is 0.249. The van der Waals surface area contributed by atoms with Gasteiger partial charge in [0.25, 0.3) is 5.91 Å². The third-order valence-electron chi connectivity index (χ3n) is 14.0. The molecule has 8 aliphatic rings. The number of hydrogen-bond acceptors (Lipinski definition) is 7. The van der Waals surface area contributed by atoms with Gasteiger partial charge < -0.3 is 24.8 Å². The van der Waals surface area contributed by atoms with E-state index >= 15 is 4.39 Å². The molecule has 5 aliphatic heterocycles. The van der Waals surface area contributed by atoms with Crippen molar-refractivity contribution >= 4 is 11.7 Å². The number of alkyl halides is 1. The van der Waals surface area contributed by atoms with Crippen molar-refractivity contribution in [3.05, 3.63) is 11.8 Å². The van der Waals surface area contributed by atoms with Gasteiger partial charge in [0.15, 0.2) is 5.78 Å². The van der Waals surface area contributed by atoms with Gasteiger partial charge in [0.2, 0.25) is 0 Å². The number of carbonyl (C=O) groups is 2. The number of morpholine rings is 1. The van der Waals surface area contributed by atoms with Gasteiger partial charge in [-0.05, 0) is 103 Å². The van der Waals surface area contributed by atoms with Crippen molar-refractivity contribution in [3.8, 4) is 0 Å². The molecule has 0 radical (unpaired) electrons. The van der Waals surface area contributed by atoms with E-state index in [1.807, 2.05) is 6.20 Å². The van der Waals surface area contributed by atoms with Gasteiger partial charge in [-0.25, -0.2) is 4.39 Å². The first kappa shape index (κ1) is 31.7. The van der Waals surface area contributed by atoms with Crippen LogP contribution in [0.25, 0.3) is 0 Å². The number of hydrogen-bond donors (Lipinski definition) is 1. The average Bonchev–Trinajstić information content (AvgIpc) is 3.49. The highest BCUT2D eigenvalue weighted by atomic mass is 19.1. The van der Waals surface area contributed by atoms with Gasteiger partial charge in [-0.3, -0.25) is 14.5 Å². The van der Waals surface area contributed by atoms with E-state index in [0.717, 1.165) is 58.2 Å². The van der Waals surface area contributed by atoms with Crippen molar-refractivity contribution in [1.29, 1.82) is 0 Å². The monoisotopic (exact) mass is 639 g/mol. The number of Topliss-reactive ketones (excluding diaryl/α,β-unsaturated/α-hetero) is 1. The summed E-state index contributed by atoms with van der Waals surface area (Å²) < 4.78 is 23.7. The molecule has 0 bridgehead atoms. The number of rotatable bonds is 6. The molecule has 10 atom stereocenters. The highest BCUT2D eigenvalue weighted by Crippen LogP contribution is 2.51. The fourth-order valence-corrected chi connectivity index (χ4v) is 11.5. The normalized spacial score (nSPS) is 42.6. The fourth-order valence-electron chi connectivity index (χ4n) is 11.5. The minimum Gasteiger partial charge on any atom is -0.369 e. The van der Waals surface area contributed by atoms with Gasteiger partial charge in [-0.1, -0.05) is 32.1 Å². The zero-order valence-corrected chi connectivity index (χ0v) is 28.2. The number of nitrogens with zero attached hydrogens (tertiary/aromatic N) is 4. The smallest absolute Gasteiger partial charge is 0.256 e. The van der Waals surface area contributed by atoms with Crippen LogP contribution in [0.4, 0.5) is 4.39 Å². The number of likely N-dealkylation sites (tertiary alicyclic amines) is 3. The molecule has 256 valence electrons. The van der Waals surface area contributed by atoms with Crippen molar-refractivity contribution in [2.24, 2.45) is 17.8 Å². The second-order valence-corrected chi connectivity index (χ2v) is 16.4. The highest BCUT2D eigenvalue weighted by Gasteiger charge is 2.60. The highest BCUT2D eigenvalue weighted by molar-refractivity contribution is 6.20. The number of fused-ring (bicyclic) bond motifs is 3. The summed E-state index contributed by atoms with van der Waals surface area (Å²) in [7, 11) is 2.15. The Morgan fingerprint density at radius 3 is 2.37 bits per heavy atom. The predicted molar refractivity (Wildman–Crippen MR) is 176 cm³/mol. The first-order valence-electron chi connectivity index (χ1n) is 19.3. The standard InChI is InChI=1S/C37H58FN5O3/c1-40-15-7-10-26(40)11-14-39-37(45)29-23-43-31-20-24-8-3-4-9-25(24)21-32(31)46-36-33(43)28(35(29)44)22-30(38)34(36)42-18-12-27(13-19-42)41-16-5-2-6-17-41/h23-28,30-34,36H,2-22H2,1H3,(H,39,45). The lowest BCUT2D eigenvalue weighted by atomic mass is 9.64. The fraction of sp³-hybridized carbons (Fsp3) is 0.892. The molecule has 0 spiro atoms. The lowest BCUT2D eigenvalue weighted by Gasteiger charge is -2.62. The zero-order valence-electron chi connectivity index (χ0n) is 28.2. The Morgan fingerprint density at radius 1 is 0.870 bits per heavy atom. The van der Waals surface area contributed by atoms with Crippen molar-refractivity contribution in [2.45, 2.75) is 145 Å². The molecule has 3 saturated carbocycles. The van der Waals surface area contributed by atoms with Gasteiger partial charge in [-0.2, -0.15) is 0 Å². The van der Waals surface area contributed by atoms with Crippen LogP contribution in [-0.2, 0) is 14.3 Å². The summed E-state index contributed by atoms with van der Waals surface area (Å²) in [6.45, 7) is 5.88. The Labute approximate surface area is 275 Å². The molecule has 46 heavy (non-hydrogen) atoms. The van der Waals surface area contributed by atoms with Crippen LogP contribution >= 0.6 is 0 Å². The number of ether oxygens (including phenoxy) is 1. The van der Waals surface area contributed by atoms with Crippen molar-refractivity contribution in [2.75, 3.05) is 46.3 Å². The Kier molecular flexibility index (Phi) is 9.23. The van der Waals surface area contributed by atoms with Crippen LogP contribution in [0.5, 0.6) is 0 Å². The maximum absolute atomic E-state index is 16.6. The van der Waals surface area contributed by atoms with Crippen molar-refractivity contribution in [3.63, 3.8) is 0 Å². The van der Waals surface area contributed by atoms with Gasteiger partial charge in [0.05, 0.1) is 35.9 Å². The SMILES string of the molecule is CN1CCCC1CCNC(=O)C1=CN2C3CC4CCCCC4CC3OC3C(N4CCC(N5CCCCC5)CC4)C(F)CC(C1=O)C32. The molecule has 0 aromatic rings. The number of halogens is 1. The lowest BCUT2D eigenvalue weighted by molar-refractivity contribution is -0.222. The average molecular weight is 640 g/mol. The molecule has 0 aromatic heterocycles. The van der Waals surface area contributed by atoms with E-state index in [9.17, 15) is 9.59 Å². The zero-order chi connectivity index (χ0) is 31.4. The van der Waals surface area contributed by atoms with E-state index in [0.29, 0.717) is 30.5 Å². The molecule has 1 amide bonds. The molecule has 1 N–H and O–H groups in total. The van der Waals surface area contributed by atoms with Gasteiger partial charge in [0, 0.05) is 43.8 Å². The first-order chi connectivity index (χ1) is 22.5. The Hall–Kier alpha value is -1.55. The van der Waals surface area contributed by atoms with Crippen LogP contribution in [0, 0.1) is 17.8 Å². The van der Waals surface area contributed by atoms with E-state index in [1.165, 1.54) is 64.5 Å². The van der Waals surface area contributed by atoms with Gasteiger partial charge in [-0.15, -0.1) is 0 Å². The third-order valence-corrected chi connectivity index (χ3v) is 14.0. The van der Waals surface area contributed by atoms with E-state index in [2.05, 4.69) is 32.0 Å². The minimum atomic E-state index is -1.13. The number of ketones is 1.